The molecule has 1 N–H and O–H groups in total. The molecule has 0 aliphatic carbocycles. The molecule has 0 atom stereocenters. The van der Waals surface area contributed by atoms with E-state index in [0.717, 1.165) is 35.6 Å². The number of hydrogen-bond acceptors (Lipinski definition) is 3. The first-order valence-corrected chi connectivity index (χ1v) is 8.00. The molecule has 0 amide bonds. The standard InChI is InChI=1S/C16H25BClNO2/c1-6-10-19-11-12-13(8-7-9-14(12)18)17-20-15(2,3)16(4,5)21-17/h7-9,19H,6,10-11H2,1-5H3. The van der Waals surface area contributed by atoms with E-state index in [1.54, 1.807) is 0 Å². The summed E-state index contributed by atoms with van der Waals surface area (Å²) < 4.78 is 12.3. The number of rotatable bonds is 5. The summed E-state index contributed by atoms with van der Waals surface area (Å²) in [4.78, 5) is 0. The monoisotopic (exact) mass is 309 g/mol. The quantitative estimate of drug-likeness (QED) is 0.669. The van der Waals surface area contributed by atoms with Crippen LogP contribution in [0.1, 0.15) is 46.6 Å². The fraction of sp³-hybridized carbons (Fsp3) is 0.625. The van der Waals surface area contributed by atoms with Crippen LogP contribution >= 0.6 is 11.6 Å². The van der Waals surface area contributed by atoms with Crippen LogP contribution in [0, 0.1) is 0 Å². The van der Waals surface area contributed by atoms with Crippen LogP contribution in [0.25, 0.3) is 0 Å². The second-order valence-electron chi connectivity index (χ2n) is 6.57. The molecule has 5 heteroatoms. The molecule has 1 saturated heterocycles. The molecule has 0 bridgehead atoms. The van der Waals surface area contributed by atoms with E-state index in [-0.39, 0.29) is 18.3 Å². The number of benzene rings is 1. The molecule has 0 unspecified atom stereocenters. The fourth-order valence-corrected chi connectivity index (χ4v) is 2.59. The van der Waals surface area contributed by atoms with Gasteiger partial charge in [0.15, 0.2) is 0 Å². The molecular weight excluding hydrogens is 284 g/mol. The third kappa shape index (κ3) is 3.45. The molecule has 2 rings (SSSR count). The number of halogens is 1. The number of hydrogen-bond donors (Lipinski definition) is 1. The molecule has 3 nitrogen and oxygen atoms in total. The minimum atomic E-state index is -0.368. The first kappa shape index (κ1) is 16.8. The van der Waals surface area contributed by atoms with Crippen LogP contribution in [0.2, 0.25) is 5.02 Å². The predicted molar refractivity (Wildman–Crippen MR) is 89.2 cm³/mol. The first-order valence-electron chi connectivity index (χ1n) is 7.62. The summed E-state index contributed by atoms with van der Waals surface area (Å²) in [6, 6.07) is 5.91. The second kappa shape index (κ2) is 6.29. The van der Waals surface area contributed by atoms with Crippen molar-refractivity contribution in [2.45, 2.75) is 58.8 Å². The third-order valence-electron chi connectivity index (χ3n) is 4.39. The SMILES string of the molecule is CCCNCc1c(Cl)cccc1B1OC(C)(C)C(C)(C)O1. The Morgan fingerprint density at radius 1 is 1.14 bits per heavy atom. The van der Waals surface area contributed by atoms with Gasteiger partial charge in [-0.1, -0.05) is 30.7 Å². The van der Waals surface area contributed by atoms with E-state index < -0.39 is 0 Å². The summed E-state index contributed by atoms with van der Waals surface area (Å²) in [6.07, 6.45) is 1.09. The van der Waals surface area contributed by atoms with Gasteiger partial charge in [0.05, 0.1) is 11.2 Å². The van der Waals surface area contributed by atoms with Crippen LogP contribution < -0.4 is 10.8 Å². The van der Waals surface area contributed by atoms with E-state index in [1.165, 1.54) is 0 Å². The summed E-state index contributed by atoms with van der Waals surface area (Å²) in [5.41, 5.74) is 1.40. The molecule has 0 spiro atoms. The highest BCUT2D eigenvalue weighted by molar-refractivity contribution is 6.63. The van der Waals surface area contributed by atoms with Crippen LogP contribution in [0.4, 0.5) is 0 Å². The minimum absolute atomic E-state index is 0.339. The van der Waals surface area contributed by atoms with E-state index in [9.17, 15) is 0 Å². The third-order valence-corrected chi connectivity index (χ3v) is 4.74. The lowest BCUT2D eigenvalue weighted by Gasteiger charge is -2.32. The molecule has 0 aromatic heterocycles. The lowest BCUT2D eigenvalue weighted by atomic mass is 9.76. The maximum absolute atomic E-state index is 6.38. The van der Waals surface area contributed by atoms with Crippen LogP contribution in [0.15, 0.2) is 18.2 Å². The lowest BCUT2D eigenvalue weighted by molar-refractivity contribution is 0.00578. The summed E-state index contributed by atoms with van der Waals surface area (Å²) in [5.74, 6) is 0. The molecule has 1 heterocycles. The maximum atomic E-state index is 6.38. The minimum Gasteiger partial charge on any atom is -0.399 e. The van der Waals surface area contributed by atoms with Crippen molar-refractivity contribution >= 4 is 24.2 Å². The van der Waals surface area contributed by atoms with Crippen LogP contribution in [-0.4, -0.2) is 24.9 Å². The van der Waals surface area contributed by atoms with Gasteiger partial charge in [0, 0.05) is 11.6 Å². The molecule has 1 aromatic carbocycles. The van der Waals surface area contributed by atoms with Crippen molar-refractivity contribution in [3.05, 3.63) is 28.8 Å². The Morgan fingerprint density at radius 3 is 2.33 bits per heavy atom. The van der Waals surface area contributed by atoms with Crippen molar-refractivity contribution in [3.63, 3.8) is 0 Å². The lowest BCUT2D eigenvalue weighted by Crippen LogP contribution is -2.41. The molecule has 1 aliphatic heterocycles. The summed E-state index contributed by atoms with van der Waals surface area (Å²) in [5, 5.41) is 4.16. The first-order chi connectivity index (χ1) is 9.78. The van der Waals surface area contributed by atoms with Gasteiger partial charge < -0.3 is 14.6 Å². The van der Waals surface area contributed by atoms with Crippen molar-refractivity contribution in [2.75, 3.05) is 6.54 Å². The Bertz CT molecular complexity index is 489. The van der Waals surface area contributed by atoms with Crippen molar-refractivity contribution in [2.24, 2.45) is 0 Å². The van der Waals surface area contributed by atoms with E-state index in [1.807, 2.05) is 18.2 Å². The average molecular weight is 310 g/mol. The van der Waals surface area contributed by atoms with Crippen molar-refractivity contribution < 1.29 is 9.31 Å². The molecular formula is C16H25BClNO2. The molecule has 116 valence electrons. The Balaban J connectivity index is 2.26. The number of nitrogens with one attached hydrogen (secondary N) is 1. The molecule has 0 radical (unpaired) electrons. The maximum Gasteiger partial charge on any atom is 0.495 e. The van der Waals surface area contributed by atoms with Gasteiger partial charge >= 0.3 is 7.12 Å². The highest BCUT2D eigenvalue weighted by Crippen LogP contribution is 2.37. The largest absolute Gasteiger partial charge is 0.495 e. The zero-order chi connectivity index (χ0) is 15.7. The summed E-state index contributed by atoms with van der Waals surface area (Å²) in [6.45, 7) is 12.1. The smallest absolute Gasteiger partial charge is 0.399 e. The highest BCUT2D eigenvalue weighted by Gasteiger charge is 2.52. The van der Waals surface area contributed by atoms with Gasteiger partial charge in [-0.05, 0) is 57.8 Å². The molecule has 21 heavy (non-hydrogen) atoms. The average Bonchev–Trinajstić information content (AvgIpc) is 2.60. The zero-order valence-electron chi connectivity index (χ0n) is 13.6. The van der Waals surface area contributed by atoms with E-state index >= 15 is 0 Å². The predicted octanol–water partition coefficient (Wildman–Crippen LogP) is 3.14. The topological polar surface area (TPSA) is 30.5 Å². The van der Waals surface area contributed by atoms with E-state index in [2.05, 4.69) is 39.9 Å². The van der Waals surface area contributed by atoms with Crippen molar-refractivity contribution in [1.29, 1.82) is 0 Å². The second-order valence-corrected chi connectivity index (χ2v) is 6.98. The van der Waals surface area contributed by atoms with Crippen LogP contribution in [0.3, 0.4) is 0 Å². The van der Waals surface area contributed by atoms with Crippen molar-refractivity contribution in [1.82, 2.24) is 5.32 Å². The normalized spacial score (nSPS) is 20.0. The Kier molecular flexibility index (Phi) is 5.04. The Labute approximate surface area is 133 Å². The van der Waals surface area contributed by atoms with Gasteiger partial charge in [-0.3, -0.25) is 0 Å². The van der Waals surface area contributed by atoms with Gasteiger partial charge in [0.1, 0.15) is 0 Å². The molecule has 1 aromatic rings. The zero-order valence-corrected chi connectivity index (χ0v) is 14.4. The van der Waals surface area contributed by atoms with Crippen LogP contribution in [-0.2, 0) is 15.9 Å². The van der Waals surface area contributed by atoms with Gasteiger partial charge in [-0.2, -0.15) is 0 Å². The van der Waals surface area contributed by atoms with Gasteiger partial charge in [-0.15, -0.1) is 0 Å². The Morgan fingerprint density at radius 2 is 1.76 bits per heavy atom. The summed E-state index contributed by atoms with van der Waals surface area (Å²) >= 11 is 6.38. The Hall–Kier alpha value is -0.545. The van der Waals surface area contributed by atoms with E-state index in [4.69, 9.17) is 20.9 Å². The molecule has 0 saturated carbocycles. The molecule has 1 fully saturated rings. The fourth-order valence-electron chi connectivity index (χ4n) is 2.34. The molecule has 1 aliphatic rings. The van der Waals surface area contributed by atoms with Gasteiger partial charge in [-0.25, -0.2) is 0 Å². The highest BCUT2D eigenvalue weighted by atomic mass is 35.5. The van der Waals surface area contributed by atoms with E-state index in [0.29, 0.717) is 0 Å². The van der Waals surface area contributed by atoms with Crippen molar-refractivity contribution in [3.8, 4) is 0 Å². The van der Waals surface area contributed by atoms with Gasteiger partial charge in [0.25, 0.3) is 0 Å². The van der Waals surface area contributed by atoms with Gasteiger partial charge in [0.2, 0.25) is 0 Å². The van der Waals surface area contributed by atoms with Crippen LogP contribution in [0.5, 0.6) is 0 Å². The summed E-state index contributed by atoms with van der Waals surface area (Å²) in [7, 11) is -0.368.